The van der Waals surface area contributed by atoms with Crippen LogP contribution >= 0.6 is 11.3 Å². The van der Waals surface area contributed by atoms with Crippen molar-refractivity contribution < 1.29 is 14.3 Å². The van der Waals surface area contributed by atoms with Gasteiger partial charge < -0.3 is 15.0 Å². The van der Waals surface area contributed by atoms with E-state index in [2.05, 4.69) is 10.3 Å². The average molecular weight is 299 g/mol. The molecule has 112 valence electrons. The average Bonchev–Trinajstić information content (AvgIpc) is 2.69. The third kappa shape index (κ3) is 6.01. The highest BCUT2D eigenvalue weighted by Crippen LogP contribution is 2.10. The minimum atomic E-state index is -0.594. The van der Waals surface area contributed by atoms with Crippen LogP contribution in [0.4, 0.5) is 4.79 Å². The SMILES string of the molecule is Cc1nc(CN(C)C(=O)CNC(=O)OC(C)(C)C)cs1. The molecule has 1 aromatic heterocycles. The standard InChI is InChI=1S/C13H21N3O3S/c1-9-15-10(8-20-9)7-16(5)11(17)6-14-12(18)19-13(2,3)4/h8H,6-7H2,1-5H3,(H,14,18). The lowest BCUT2D eigenvalue weighted by molar-refractivity contribution is -0.129. The van der Waals surface area contributed by atoms with Crippen LogP contribution in [-0.2, 0) is 16.1 Å². The van der Waals surface area contributed by atoms with Gasteiger partial charge in [0, 0.05) is 12.4 Å². The zero-order valence-electron chi connectivity index (χ0n) is 12.5. The van der Waals surface area contributed by atoms with Crippen molar-refractivity contribution in [2.75, 3.05) is 13.6 Å². The smallest absolute Gasteiger partial charge is 0.408 e. The molecule has 20 heavy (non-hydrogen) atoms. The van der Waals surface area contributed by atoms with Gasteiger partial charge in [0.1, 0.15) is 12.1 Å². The second-order valence-electron chi connectivity index (χ2n) is 5.46. The topological polar surface area (TPSA) is 71.5 Å². The first-order valence-electron chi connectivity index (χ1n) is 6.29. The summed E-state index contributed by atoms with van der Waals surface area (Å²) in [4.78, 5) is 29.1. The van der Waals surface area contributed by atoms with Gasteiger partial charge in [0.05, 0.1) is 17.2 Å². The third-order valence-corrected chi connectivity index (χ3v) is 3.10. The molecule has 0 aliphatic heterocycles. The van der Waals surface area contributed by atoms with E-state index in [0.717, 1.165) is 10.7 Å². The van der Waals surface area contributed by atoms with Gasteiger partial charge in [-0.3, -0.25) is 4.79 Å². The Bertz CT molecular complexity index is 479. The number of nitrogens with one attached hydrogen (secondary N) is 1. The van der Waals surface area contributed by atoms with E-state index in [9.17, 15) is 9.59 Å². The van der Waals surface area contributed by atoms with E-state index in [1.54, 1.807) is 39.2 Å². The normalized spacial score (nSPS) is 11.1. The van der Waals surface area contributed by atoms with Crippen LogP contribution in [0.1, 0.15) is 31.5 Å². The number of hydrogen-bond acceptors (Lipinski definition) is 5. The lowest BCUT2D eigenvalue weighted by Crippen LogP contribution is -2.40. The van der Waals surface area contributed by atoms with Gasteiger partial charge in [-0.25, -0.2) is 9.78 Å². The van der Waals surface area contributed by atoms with E-state index >= 15 is 0 Å². The number of hydrogen-bond donors (Lipinski definition) is 1. The molecule has 0 fully saturated rings. The van der Waals surface area contributed by atoms with Crippen LogP contribution in [0.25, 0.3) is 0 Å². The van der Waals surface area contributed by atoms with Gasteiger partial charge in [0.2, 0.25) is 5.91 Å². The molecular formula is C13H21N3O3S. The molecule has 0 spiro atoms. The molecule has 0 radical (unpaired) electrons. The molecule has 0 atom stereocenters. The Morgan fingerprint density at radius 3 is 2.60 bits per heavy atom. The van der Waals surface area contributed by atoms with Crippen molar-refractivity contribution in [3.8, 4) is 0 Å². The highest BCUT2D eigenvalue weighted by molar-refractivity contribution is 7.09. The largest absolute Gasteiger partial charge is 0.444 e. The Morgan fingerprint density at radius 1 is 1.45 bits per heavy atom. The lowest BCUT2D eigenvalue weighted by Gasteiger charge is -2.20. The number of amides is 2. The lowest BCUT2D eigenvalue weighted by atomic mass is 10.2. The molecule has 0 saturated carbocycles. The molecule has 1 aromatic rings. The number of ether oxygens (including phenoxy) is 1. The maximum absolute atomic E-state index is 11.9. The first kappa shape index (κ1) is 16.4. The molecular weight excluding hydrogens is 278 g/mol. The van der Waals surface area contributed by atoms with Crippen molar-refractivity contribution in [2.45, 2.75) is 39.8 Å². The zero-order chi connectivity index (χ0) is 15.3. The predicted molar refractivity (Wildman–Crippen MR) is 77.6 cm³/mol. The van der Waals surface area contributed by atoms with Crippen LogP contribution in [-0.4, -0.2) is 41.1 Å². The van der Waals surface area contributed by atoms with Crippen molar-refractivity contribution >= 4 is 23.3 Å². The first-order valence-corrected chi connectivity index (χ1v) is 7.17. The summed E-state index contributed by atoms with van der Waals surface area (Å²) >= 11 is 1.54. The second-order valence-corrected chi connectivity index (χ2v) is 6.53. The summed E-state index contributed by atoms with van der Waals surface area (Å²) in [6, 6.07) is 0. The number of alkyl carbamates (subject to hydrolysis) is 1. The van der Waals surface area contributed by atoms with E-state index in [1.807, 2.05) is 12.3 Å². The van der Waals surface area contributed by atoms with Crippen molar-refractivity contribution in [1.82, 2.24) is 15.2 Å². The maximum atomic E-state index is 11.9. The Balaban J connectivity index is 2.37. The fraction of sp³-hybridized carbons (Fsp3) is 0.615. The molecule has 7 heteroatoms. The summed E-state index contributed by atoms with van der Waals surface area (Å²) < 4.78 is 5.06. The Kier molecular flexibility index (Phi) is 5.50. The summed E-state index contributed by atoms with van der Waals surface area (Å²) in [6.45, 7) is 7.56. The van der Waals surface area contributed by atoms with Crippen molar-refractivity contribution in [3.63, 3.8) is 0 Å². The molecule has 2 amide bonds. The zero-order valence-corrected chi connectivity index (χ0v) is 13.3. The molecule has 0 unspecified atom stereocenters. The fourth-order valence-electron chi connectivity index (χ4n) is 1.41. The number of aryl methyl sites for hydroxylation is 1. The number of carbonyl (C=O) groups is 2. The van der Waals surface area contributed by atoms with Crippen LogP contribution in [0.3, 0.4) is 0 Å². The summed E-state index contributed by atoms with van der Waals surface area (Å²) in [7, 11) is 1.67. The van der Waals surface area contributed by atoms with Crippen LogP contribution in [0, 0.1) is 6.92 Å². The third-order valence-electron chi connectivity index (χ3n) is 2.27. The molecule has 0 aliphatic rings. The molecule has 6 nitrogen and oxygen atoms in total. The summed E-state index contributed by atoms with van der Waals surface area (Å²) in [5.74, 6) is -0.193. The molecule has 1 rings (SSSR count). The Hall–Kier alpha value is -1.63. The van der Waals surface area contributed by atoms with Gasteiger partial charge in [-0.2, -0.15) is 0 Å². The van der Waals surface area contributed by atoms with Crippen LogP contribution in [0.2, 0.25) is 0 Å². The number of thiazole rings is 1. The second kappa shape index (κ2) is 6.69. The number of aromatic nitrogens is 1. The Morgan fingerprint density at radius 2 is 2.10 bits per heavy atom. The first-order chi connectivity index (χ1) is 9.17. The number of carbonyl (C=O) groups excluding carboxylic acids is 2. The van der Waals surface area contributed by atoms with Crippen molar-refractivity contribution in [1.29, 1.82) is 0 Å². The summed E-state index contributed by atoms with van der Waals surface area (Å²) in [5.41, 5.74) is 0.276. The minimum Gasteiger partial charge on any atom is -0.444 e. The predicted octanol–water partition coefficient (Wildman–Crippen LogP) is 1.93. The van der Waals surface area contributed by atoms with Crippen LogP contribution in [0.15, 0.2) is 5.38 Å². The van der Waals surface area contributed by atoms with E-state index in [4.69, 9.17) is 4.74 Å². The minimum absolute atomic E-state index is 0.0888. The van der Waals surface area contributed by atoms with Gasteiger partial charge in [-0.05, 0) is 27.7 Å². The van der Waals surface area contributed by atoms with Gasteiger partial charge in [0.15, 0.2) is 0 Å². The summed E-state index contributed by atoms with van der Waals surface area (Å²) in [5, 5.41) is 5.32. The monoisotopic (exact) mass is 299 g/mol. The van der Waals surface area contributed by atoms with E-state index in [0.29, 0.717) is 6.54 Å². The highest BCUT2D eigenvalue weighted by atomic mass is 32.1. The van der Waals surface area contributed by atoms with Gasteiger partial charge in [0.25, 0.3) is 0 Å². The van der Waals surface area contributed by atoms with Gasteiger partial charge >= 0.3 is 6.09 Å². The van der Waals surface area contributed by atoms with Crippen LogP contribution < -0.4 is 5.32 Å². The van der Waals surface area contributed by atoms with E-state index in [-0.39, 0.29) is 12.5 Å². The molecule has 0 aliphatic carbocycles. The molecule has 0 saturated heterocycles. The molecule has 0 aromatic carbocycles. The van der Waals surface area contributed by atoms with E-state index in [1.165, 1.54) is 4.90 Å². The van der Waals surface area contributed by atoms with Crippen molar-refractivity contribution in [2.24, 2.45) is 0 Å². The number of rotatable bonds is 4. The maximum Gasteiger partial charge on any atom is 0.408 e. The van der Waals surface area contributed by atoms with Crippen molar-refractivity contribution in [3.05, 3.63) is 16.1 Å². The van der Waals surface area contributed by atoms with Gasteiger partial charge in [-0.15, -0.1) is 11.3 Å². The molecule has 0 bridgehead atoms. The number of nitrogens with zero attached hydrogens (tertiary/aromatic N) is 2. The van der Waals surface area contributed by atoms with Crippen LogP contribution in [0.5, 0.6) is 0 Å². The van der Waals surface area contributed by atoms with Gasteiger partial charge in [-0.1, -0.05) is 0 Å². The van der Waals surface area contributed by atoms with E-state index < -0.39 is 11.7 Å². The molecule has 1 heterocycles. The highest BCUT2D eigenvalue weighted by Gasteiger charge is 2.17. The Labute approximate surface area is 123 Å². The quantitative estimate of drug-likeness (QED) is 0.922. The number of likely N-dealkylation sites (N-methyl/N-ethyl adjacent to an activating group) is 1. The fourth-order valence-corrected chi connectivity index (χ4v) is 2.01. The molecule has 1 N–H and O–H groups in total. The summed E-state index contributed by atoms with van der Waals surface area (Å²) in [6.07, 6.45) is -0.594.